The van der Waals surface area contributed by atoms with Crippen molar-refractivity contribution in [3.05, 3.63) is 79.2 Å². The largest absolute Gasteiger partial charge is 0.487 e. The topological polar surface area (TPSA) is 119 Å². The lowest BCUT2D eigenvalue weighted by Gasteiger charge is -2.20. The summed E-state index contributed by atoms with van der Waals surface area (Å²) in [7, 11) is 1.25. The van der Waals surface area contributed by atoms with Gasteiger partial charge in [-0.1, -0.05) is 12.1 Å². The summed E-state index contributed by atoms with van der Waals surface area (Å²) >= 11 is 3.34. The van der Waals surface area contributed by atoms with Crippen molar-refractivity contribution < 1.29 is 28.6 Å². The molecule has 1 aliphatic rings. The number of halogens is 2. The number of nitrogens with one attached hydrogen (secondary N) is 2. The fraction of sp³-hybridized carbons (Fsp3) is 0.346. The number of carbonyl (C=O) groups excluding carboxylic acids is 2. The molecule has 9 nitrogen and oxygen atoms in total. The number of alkyl halides is 1. The van der Waals surface area contributed by atoms with Crippen molar-refractivity contribution in [3.8, 4) is 11.4 Å². The van der Waals surface area contributed by atoms with Crippen molar-refractivity contribution in [1.82, 2.24) is 15.2 Å². The predicted octanol–water partition coefficient (Wildman–Crippen LogP) is 3.27. The SMILES string of the molecule is COC(=O)NCC1=C(COc2cc(C)n(-c3cc(C(=O)NCCO)ccc3C)c(=O)c2Br)C=CC(F)C1. The minimum absolute atomic E-state index is 0.0580. The normalized spacial score (nSPS) is 14.9. The van der Waals surface area contributed by atoms with Crippen LogP contribution in [0, 0.1) is 13.8 Å². The number of amides is 2. The van der Waals surface area contributed by atoms with E-state index in [9.17, 15) is 18.8 Å². The Morgan fingerprint density at radius 3 is 2.70 bits per heavy atom. The zero-order valence-electron chi connectivity index (χ0n) is 20.8. The van der Waals surface area contributed by atoms with Gasteiger partial charge in [-0.2, -0.15) is 0 Å². The number of carbonyl (C=O) groups is 2. The number of allylic oxidation sites excluding steroid dienone is 1. The van der Waals surface area contributed by atoms with Crippen molar-refractivity contribution in [1.29, 1.82) is 0 Å². The van der Waals surface area contributed by atoms with Crippen LogP contribution in [-0.2, 0) is 4.74 Å². The summed E-state index contributed by atoms with van der Waals surface area (Å²) in [6, 6.07) is 6.71. The molecule has 0 fully saturated rings. The Morgan fingerprint density at radius 2 is 2.00 bits per heavy atom. The molecule has 0 radical (unpaired) electrons. The number of aliphatic hydroxyl groups excluding tert-OH is 1. The van der Waals surface area contributed by atoms with Crippen LogP contribution < -0.4 is 20.9 Å². The molecule has 0 saturated heterocycles. The highest BCUT2D eigenvalue weighted by Crippen LogP contribution is 2.28. The summed E-state index contributed by atoms with van der Waals surface area (Å²) < 4.78 is 26.1. The quantitative estimate of drug-likeness (QED) is 0.421. The second kappa shape index (κ2) is 12.7. The number of hydrogen-bond acceptors (Lipinski definition) is 6. The van der Waals surface area contributed by atoms with E-state index in [4.69, 9.17) is 9.84 Å². The van der Waals surface area contributed by atoms with Crippen molar-refractivity contribution in [2.24, 2.45) is 0 Å². The molecule has 1 aromatic heterocycles. The maximum Gasteiger partial charge on any atom is 0.407 e. The number of rotatable bonds is 9. The molecule has 198 valence electrons. The molecule has 3 rings (SSSR count). The summed E-state index contributed by atoms with van der Waals surface area (Å²) in [4.78, 5) is 37.2. The van der Waals surface area contributed by atoms with E-state index >= 15 is 0 Å². The average molecular weight is 578 g/mol. The number of methoxy groups -OCH3 is 1. The van der Waals surface area contributed by atoms with E-state index in [-0.39, 0.29) is 48.7 Å². The summed E-state index contributed by atoms with van der Waals surface area (Å²) in [6.07, 6.45) is 1.36. The van der Waals surface area contributed by atoms with Gasteiger partial charge in [-0.15, -0.1) is 0 Å². The number of pyridine rings is 1. The lowest BCUT2D eigenvalue weighted by atomic mass is 9.97. The summed E-state index contributed by atoms with van der Waals surface area (Å²) in [6.45, 7) is 3.69. The van der Waals surface area contributed by atoms with Gasteiger partial charge in [-0.05, 0) is 64.7 Å². The van der Waals surface area contributed by atoms with Crippen molar-refractivity contribution in [2.75, 3.05) is 33.4 Å². The molecule has 2 amide bonds. The van der Waals surface area contributed by atoms with Gasteiger partial charge in [-0.3, -0.25) is 14.2 Å². The van der Waals surface area contributed by atoms with E-state index in [1.165, 1.54) is 17.8 Å². The second-order valence-electron chi connectivity index (χ2n) is 8.43. The van der Waals surface area contributed by atoms with Gasteiger partial charge in [0, 0.05) is 36.8 Å². The van der Waals surface area contributed by atoms with Gasteiger partial charge in [-0.25, -0.2) is 9.18 Å². The van der Waals surface area contributed by atoms with Crippen LogP contribution in [0.2, 0.25) is 0 Å². The maximum absolute atomic E-state index is 13.9. The van der Waals surface area contributed by atoms with Gasteiger partial charge in [0.25, 0.3) is 11.5 Å². The van der Waals surface area contributed by atoms with Crippen LogP contribution in [0.15, 0.2) is 56.8 Å². The molecular formula is C26H29BrFN3O6. The van der Waals surface area contributed by atoms with E-state index in [0.717, 1.165) is 5.56 Å². The van der Waals surface area contributed by atoms with Crippen LogP contribution >= 0.6 is 15.9 Å². The smallest absolute Gasteiger partial charge is 0.407 e. The molecule has 1 heterocycles. The van der Waals surface area contributed by atoms with Crippen LogP contribution in [0.3, 0.4) is 0 Å². The molecule has 0 bridgehead atoms. The first-order valence-corrected chi connectivity index (χ1v) is 12.4. The Hall–Kier alpha value is -3.44. The monoisotopic (exact) mass is 577 g/mol. The molecule has 0 aliphatic heterocycles. The molecule has 1 unspecified atom stereocenters. The minimum atomic E-state index is -1.17. The summed E-state index contributed by atoms with van der Waals surface area (Å²) in [5.41, 5.74) is 3.22. The number of hydrogen-bond donors (Lipinski definition) is 3. The molecule has 1 aromatic carbocycles. The number of aryl methyl sites for hydroxylation is 2. The lowest BCUT2D eigenvalue weighted by Crippen LogP contribution is -2.28. The number of aromatic nitrogens is 1. The summed E-state index contributed by atoms with van der Waals surface area (Å²) in [5, 5.41) is 14.1. The maximum atomic E-state index is 13.9. The molecule has 3 N–H and O–H groups in total. The van der Waals surface area contributed by atoms with Gasteiger partial charge in [0.15, 0.2) is 0 Å². The summed E-state index contributed by atoms with van der Waals surface area (Å²) in [5.74, 6) is -0.0568. The molecule has 2 aromatic rings. The van der Waals surface area contributed by atoms with Gasteiger partial charge >= 0.3 is 6.09 Å². The van der Waals surface area contributed by atoms with Gasteiger partial charge in [0.1, 0.15) is 23.0 Å². The number of benzene rings is 1. The number of alkyl carbamates (subject to hydrolysis) is 1. The first-order chi connectivity index (χ1) is 17.7. The van der Waals surface area contributed by atoms with E-state index < -0.39 is 12.3 Å². The zero-order valence-corrected chi connectivity index (χ0v) is 22.4. The highest BCUT2D eigenvalue weighted by atomic mass is 79.9. The number of ether oxygens (including phenoxy) is 2. The van der Waals surface area contributed by atoms with Gasteiger partial charge in [0.05, 0.1) is 19.4 Å². The molecule has 0 spiro atoms. The Balaban J connectivity index is 1.89. The third-order valence-corrected chi connectivity index (χ3v) is 6.56. The third-order valence-electron chi connectivity index (χ3n) is 5.83. The minimum Gasteiger partial charge on any atom is -0.487 e. The van der Waals surface area contributed by atoms with E-state index in [1.54, 1.807) is 37.3 Å². The van der Waals surface area contributed by atoms with Crippen LogP contribution in [0.1, 0.15) is 28.0 Å². The number of aliphatic hydroxyl groups is 1. The molecular weight excluding hydrogens is 549 g/mol. The van der Waals surface area contributed by atoms with Gasteiger partial charge in [0.2, 0.25) is 0 Å². The highest BCUT2D eigenvalue weighted by molar-refractivity contribution is 9.10. The Bertz CT molecular complexity index is 1300. The van der Waals surface area contributed by atoms with Crippen LogP contribution in [-0.4, -0.2) is 61.3 Å². The van der Waals surface area contributed by atoms with Crippen molar-refractivity contribution in [3.63, 3.8) is 0 Å². The first-order valence-electron chi connectivity index (χ1n) is 11.6. The Morgan fingerprint density at radius 1 is 1.24 bits per heavy atom. The second-order valence-corrected chi connectivity index (χ2v) is 9.22. The third kappa shape index (κ3) is 6.86. The molecule has 1 aliphatic carbocycles. The van der Waals surface area contributed by atoms with Crippen LogP contribution in [0.4, 0.5) is 9.18 Å². The van der Waals surface area contributed by atoms with E-state index in [1.807, 2.05) is 6.92 Å². The van der Waals surface area contributed by atoms with Gasteiger partial charge < -0.3 is 25.2 Å². The van der Waals surface area contributed by atoms with Crippen molar-refractivity contribution >= 4 is 27.9 Å². The molecule has 0 saturated carbocycles. The highest BCUT2D eigenvalue weighted by Gasteiger charge is 2.20. The first kappa shape index (κ1) is 28.1. The average Bonchev–Trinajstić information content (AvgIpc) is 2.88. The fourth-order valence-corrected chi connectivity index (χ4v) is 4.27. The Labute approximate surface area is 222 Å². The van der Waals surface area contributed by atoms with Crippen LogP contribution in [0.25, 0.3) is 5.69 Å². The van der Waals surface area contributed by atoms with E-state index in [0.29, 0.717) is 33.8 Å². The predicted molar refractivity (Wildman–Crippen MR) is 140 cm³/mol. The lowest BCUT2D eigenvalue weighted by molar-refractivity contribution is 0.0944. The standard InChI is InChI=1S/C26H29BrFN3O6/c1-15-4-5-17(24(33)29-8-9-32)12-21(15)31-16(2)10-22(23(27)25(31)34)37-14-18-6-7-20(28)11-19(18)13-30-26(35)36-3/h4-7,10,12,20,32H,8-9,11,13-14H2,1-3H3,(H,29,33)(H,30,35). The molecule has 1 atom stereocenters. The molecule has 11 heteroatoms. The van der Waals surface area contributed by atoms with Crippen LogP contribution in [0.5, 0.6) is 5.75 Å². The Kier molecular flexibility index (Phi) is 9.65. The molecule has 37 heavy (non-hydrogen) atoms. The number of nitrogens with zero attached hydrogens (tertiary/aromatic N) is 1. The fourth-order valence-electron chi connectivity index (χ4n) is 3.86. The van der Waals surface area contributed by atoms with E-state index in [2.05, 4.69) is 31.3 Å². The van der Waals surface area contributed by atoms with Crippen molar-refractivity contribution in [2.45, 2.75) is 26.4 Å². The zero-order chi connectivity index (χ0) is 27.1.